The topological polar surface area (TPSA) is 55.2 Å². The Morgan fingerprint density at radius 1 is 1.24 bits per heavy atom. The van der Waals surface area contributed by atoms with E-state index in [1.807, 2.05) is 31.2 Å². The summed E-state index contributed by atoms with van der Waals surface area (Å²) in [6.07, 6.45) is 0.956. The molecule has 0 spiro atoms. The van der Waals surface area contributed by atoms with Gasteiger partial charge in [-0.15, -0.1) is 0 Å². The van der Waals surface area contributed by atoms with E-state index in [1.165, 1.54) is 17.7 Å². The van der Waals surface area contributed by atoms with Crippen molar-refractivity contribution in [3.8, 4) is 0 Å². The van der Waals surface area contributed by atoms with Crippen LogP contribution in [0, 0.1) is 15.9 Å². The van der Waals surface area contributed by atoms with Gasteiger partial charge >= 0.3 is 5.69 Å². The van der Waals surface area contributed by atoms with Crippen LogP contribution in [-0.2, 0) is 6.42 Å². The molecule has 0 saturated carbocycles. The SMILES string of the molecule is CCc1ccc(C(C)Nc2cccc(F)c2[N+](=O)[O-])cc1. The highest BCUT2D eigenvalue weighted by Crippen LogP contribution is 2.30. The molecule has 2 rings (SSSR count). The first kappa shape index (κ1) is 15.0. The summed E-state index contributed by atoms with van der Waals surface area (Å²) in [6.45, 7) is 3.96. The minimum atomic E-state index is -0.835. The maximum atomic E-state index is 13.6. The number of halogens is 1. The number of hydrogen-bond donors (Lipinski definition) is 1. The number of benzene rings is 2. The summed E-state index contributed by atoms with van der Waals surface area (Å²) in [7, 11) is 0. The molecule has 4 nitrogen and oxygen atoms in total. The minimum absolute atomic E-state index is 0.156. The quantitative estimate of drug-likeness (QED) is 0.652. The number of para-hydroxylation sites is 1. The van der Waals surface area contributed by atoms with Crippen LogP contribution >= 0.6 is 0 Å². The fraction of sp³-hybridized carbons (Fsp3) is 0.250. The molecule has 5 heteroatoms. The van der Waals surface area contributed by atoms with E-state index in [9.17, 15) is 14.5 Å². The van der Waals surface area contributed by atoms with Crippen LogP contribution in [0.25, 0.3) is 0 Å². The van der Waals surface area contributed by atoms with E-state index in [0.717, 1.165) is 18.1 Å². The van der Waals surface area contributed by atoms with Crippen molar-refractivity contribution in [3.05, 3.63) is 69.5 Å². The zero-order valence-electron chi connectivity index (χ0n) is 12.0. The number of aryl methyl sites for hydroxylation is 1. The lowest BCUT2D eigenvalue weighted by molar-refractivity contribution is -0.386. The van der Waals surface area contributed by atoms with E-state index in [1.54, 1.807) is 0 Å². The predicted molar refractivity (Wildman–Crippen MR) is 80.9 cm³/mol. The number of nitro groups is 1. The monoisotopic (exact) mass is 288 g/mol. The summed E-state index contributed by atoms with van der Waals surface area (Å²) in [6, 6.07) is 11.9. The molecule has 0 fully saturated rings. The fourth-order valence-corrected chi connectivity index (χ4v) is 2.18. The van der Waals surface area contributed by atoms with E-state index in [0.29, 0.717) is 0 Å². The fourth-order valence-electron chi connectivity index (χ4n) is 2.18. The number of nitrogens with one attached hydrogen (secondary N) is 1. The number of hydrogen-bond acceptors (Lipinski definition) is 3. The van der Waals surface area contributed by atoms with Crippen LogP contribution in [0.1, 0.15) is 31.0 Å². The molecule has 1 atom stereocenters. The van der Waals surface area contributed by atoms with Crippen LogP contribution < -0.4 is 5.32 Å². The first-order valence-electron chi connectivity index (χ1n) is 6.81. The number of anilines is 1. The van der Waals surface area contributed by atoms with Crippen molar-refractivity contribution in [2.75, 3.05) is 5.32 Å². The number of rotatable bonds is 5. The molecular formula is C16H17FN2O2. The average molecular weight is 288 g/mol. The normalized spacial score (nSPS) is 12.0. The standard InChI is InChI=1S/C16H17FN2O2/c1-3-12-7-9-13(10-8-12)11(2)18-15-6-4-5-14(17)16(15)19(20)21/h4-11,18H,3H2,1-2H3. The van der Waals surface area contributed by atoms with Gasteiger partial charge in [0.15, 0.2) is 0 Å². The molecule has 2 aromatic carbocycles. The van der Waals surface area contributed by atoms with E-state index in [4.69, 9.17) is 0 Å². The Balaban J connectivity index is 2.24. The van der Waals surface area contributed by atoms with Gasteiger partial charge < -0.3 is 5.32 Å². The first-order valence-corrected chi connectivity index (χ1v) is 6.81. The average Bonchev–Trinajstić information content (AvgIpc) is 2.47. The summed E-state index contributed by atoms with van der Waals surface area (Å²) in [5, 5.41) is 14.0. The molecule has 0 aliphatic rings. The molecule has 110 valence electrons. The summed E-state index contributed by atoms with van der Waals surface area (Å²) in [5.41, 5.74) is 1.88. The molecule has 0 bridgehead atoms. The molecule has 2 aromatic rings. The van der Waals surface area contributed by atoms with Crippen LogP contribution in [0.3, 0.4) is 0 Å². The van der Waals surface area contributed by atoms with Gasteiger partial charge in [0.1, 0.15) is 5.69 Å². The van der Waals surface area contributed by atoms with Crippen molar-refractivity contribution in [2.24, 2.45) is 0 Å². The second-order valence-corrected chi connectivity index (χ2v) is 4.85. The Morgan fingerprint density at radius 3 is 2.48 bits per heavy atom. The first-order chi connectivity index (χ1) is 10.0. The molecule has 1 N–H and O–H groups in total. The Labute approximate surface area is 122 Å². The zero-order chi connectivity index (χ0) is 15.4. The third-order valence-electron chi connectivity index (χ3n) is 3.43. The Morgan fingerprint density at radius 2 is 1.90 bits per heavy atom. The lowest BCUT2D eigenvalue weighted by atomic mass is 10.0. The van der Waals surface area contributed by atoms with E-state index in [2.05, 4.69) is 12.2 Å². The lowest BCUT2D eigenvalue weighted by Crippen LogP contribution is -2.09. The van der Waals surface area contributed by atoms with Gasteiger partial charge in [-0.3, -0.25) is 10.1 Å². The van der Waals surface area contributed by atoms with Gasteiger partial charge in [-0.25, -0.2) is 0 Å². The van der Waals surface area contributed by atoms with Gasteiger partial charge in [0, 0.05) is 6.04 Å². The molecule has 0 aromatic heterocycles. The van der Waals surface area contributed by atoms with Gasteiger partial charge in [-0.1, -0.05) is 37.3 Å². The largest absolute Gasteiger partial charge is 0.373 e. The molecule has 0 heterocycles. The highest BCUT2D eigenvalue weighted by Gasteiger charge is 2.21. The van der Waals surface area contributed by atoms with Crippen molar-refractivity contribution in [2.45, 2.75) is 26.3 Å². The van der Waals surface area contributed by atoms with Crippen LogP contribution in [-0.4, -0.2) is 4.92 Å². The number of nitrogens with zero attached hydrogens (tertiary/aromatic N) is 1. The molecule has 0 radical (unpaired) electrons. The van der Waals surface area contributed by atoms with Gasteiger partial charge in [-0.05, 0) is 36.6 Å². The maximum absolute atomic E-state index is 13.6. The van der Waals surface area contributed by atoms with Crippen LogP contribution in [0.5, 0.6) is 0 Å². The van der Waals surface area contributed by atoms with Crippen molar-refractivity contribution in [1.29, 1.82) is 0 Å². The minimum Gasteiger partial charge on any atom is -0.373 e. The van der Waals surface area contributed by atoms with Crippen molar-refractivity contribution in [3.63, 3.8) is 0 Å². The van der Waals surface area contributed by atoms with Gasteiger partial charge in [-0.2, -0.15) is 4.39 Å². The van der Waals surface area contributed by atoms with Crippen LogP contribution in [0.2, 0.25) is 0 Å². The maximum Gasteiger partial charge on any atom is 0.327 e. The lowest BCUT2D eigenvalue weighted by Gasteiger charge is -2.16. The second-order valence-electron chi connectivity index (χ2n) is 4.85. The Kier molecular flexibility index (Phi) is 4.52. The van der Waals surface area contributed by atoms with Gasteiger partial charge in [0.05, 0.1) is 4.92 Å². The summed E-state index contributed by atoms with van der Waals surface area (Å²) < 4.78 is 13.6. The highest BCUT2D eigenvalue weighted by molar-refractivity contribution is 5.62. The van der Waals surface area contributed by atoms with Crippen molar-refractivity contribution < 1.29 is 9.31 Å². The smallest absolute Gasteiger partial charge is 0.327 e. The van der Waals surface area contributed by atoms with E-state index in [-0.39, 0.29) is 11.7 Å². The molecule has 0 saturated heterocycles. The summed E-state index contributed by atoms with van der Waals surface area (Å²) in [4.78, 5) is 10.3. The highest BCUT2D eigenvalue weighted by atomic mass is 19.1. The van der Waals surface area contributed by atoms with E-state index < -0.39 is 16.4 Å². The third kappa shape index (κ3) is 3.37. The Bertz CT molecular complexity index is 641. The van der Waals surface area contributed by atoms with Crippen molar-refractivity contribution in [1.82, 2.24) is 0 Å². The van der Waals surface area contributed by atoms with E-state index >= 15 is 0 Å². The third-order valence-corrected chi connectivity index (χ3v) is 3.43. The molecule has 1 unspecified atom stereocenters. The van der Waals surface area contributed by atoms with Crippen LogP contribution in [0.4, 0.5) is 15.8 Å². The Hall–Kier alpha value is -2.43. The summed E-state index contributed by atoms with van der Waals surface area (Å²) >= 11 is 0. The zero-order valence-corrected chi connectivity index (χ0v) is 12.0. The molecule has 0 aliphatic carbocycles. The second kappa shape index (κ2) is 6.35. The predicted octanol–water partition coefficient (Wildman–Crippen LogP) is 4.47. The number of nitro benzene ring substituents is 1. The van der Waals surface area contributed by atoms with Gasteiger partial charge in [0.25, 0.3) is 0 Å². The molecule has 0 aliphatic heterocycles. The van der Waals surface area contributed by atoms with Gasteiger partial charge in [0.2, 0.25) is 5.82 Å². The molecule has 21 heavy (non-hydrogen) atoms. The van der Waals surface area contributed by atoms with Crippen molar-refractivity contribution >= 4 is 11.4 Å². The summed E-state index contributed by atoms with van der Waals surface area (Å²) in [5.74, 6) is -0.835. The molecule has 0 amide bonds. The molecular weight excluding hydrogens is 271 g/mol. The van der Waals surface area contributed by atoms with Crippen LogP contribution in [0.15, 0.2) is 42.5 Å².